The Morgan fingerprint density at radius 1 is 1.07 bits per heavy atom. The van der Waals surface area contributed by atoms with Gasteiger partial charge in [0.2, 0.25) is 5.91 Å². The van der Waals surface area contributed by atoms with Gasteiger partial charge in [0.1, 0.15) is 23.9 Å². The van der Waals surface area contributed by atoms with Crippen LogP contribution in [0, 0.1) is 12.7 Å². The summed E-state index contributed by atoms with van der Waals surface area (Å²) in [7, 11) is 0. The maximum Gasteiger partial charge on any atom is 0.248 e. The number of benzene rings is 3. The Morgan fingerprint density at radius 3 is 2.40 bits per heavy atom. The van der Waals surface area contributed by atoms with Gasteiger partial charge < -0.3 is 15.2 Å². The molecule has 0 bridgehead atoms. The van der Waals surface area contributed by atoms with Crippen molar-refractivity contribution in [2.75, 3.05) is 6.61 Å². The molecule has 0 aromatic heterocycles. The summed E-state index contributed by atoms with van der Waals surface area (Å²) in [5.74, 6) is 0.742. The fourth-order valence-electron chi connectivity index (χ4n) is 2.96. The summed E-state index contributed by atoms with van der Waals surface area (Å²) in [6.45, 7) is 2.62. The van der Waals surface area contributed by atoms with Crippen molar-refractivity contribution in [1.82, 2.24) is 0 Å². The second-order valence-corrected chi connectivity index (χ2v) is 6.73. The molecule has 1 heterocycles. The van der Waals surface area contributed by atoms with Gasteiger partial charge >= 0.3 is 0 Å². The quantitative estimate of drug-likeness (QED) is 0.692. The SMILES string of the molecule is Cc1c(OCc2ccc(F)cc2)ccc2c1OCCC2=O.NC(=O)c1ccccc1. The summed E-state index contributed by atoms with van der Waals surface area (Å²) >= 11 is 0. The highest BCUT2D eigenvalue weighted by Gasteiger charge is 2.22. The molecule has 30 heavy (non-hydrogen) atoms. The molecule has 1 amide bonds. The van der Waals surface area contributed by atoms with E-state index in [1.165, 1.54) is 12.1 Å². The van der Waals surface area contributed by atoms with E-state index < -0.39 is 0 Å². The molecule has 0 fully saturated rings. The van der Waals surface area contributed by atoms with Crippen molar-refractivity contribution >= 4 is 11.7 Å². The van der Waals surface area contributed by atoms with Crippen LogP contribution in [0.15, 0.2) is 66.7 Å². The third-order valence-electron chi connectivity index (χ3n) is 4.60. The first-order chi connectivity index (χ1) is 14.5. The molecule has 0 spiro atoms. The van der Waals surface area contributed by atoms with E-state index in [-0.39, 0.29) is 17.5 Å². The number of carbonyl (C=O) groups excluding carboxylic acids is 2. The lowest BCUT2D eigenvalue weighted by atomic mass is 10.0. The second kappa shape index (κ2) is 9.69. The molecule has 2 N–H and O–H groups in total. The predicted octanol–water partition coefficient (Wildman–Crippen LogP) is 4.46. The Balaban J connectivity index is 0.000000239. The average molecular weight is 407 g/mol. The van der Waals surface area contributed by atoms with Crippen LogP contribution in [0.4, 0.5) is 4.39 Å². The zero-order valence-electron chi connectivity index (χ0n) is 16.6. The third kappa shape index (κ3) is 5.23. The van der Waals surface area contributed by atoms with Crippen LogP contribution in [-0.4, -0.2) is 18.3 Å². The maximum atomic E-state index is 12.8. The molecule has 0 aliphatic carbocycles. The molecule has 0 saturated carbocycles. The predicted molar refractivity (Wildman–Crippen MR) is 111 cm³/mol. The molecular weight excluding hydrogens is 385 g/mol. The van der Waals surface area contributed by atoms with Crippen LogP contribution in [0.25, 0.3) is 0 Å². The highest BCUT2D eigenvalue weighted by molar-refractivity contribution is 6.00. The molecule has 0 saturated heterocycles. The zero-order chi connectivity index (χ0) is 21.5. The number of hydrogen-bond acceptors (Lipinski definition) is 4. The van der Waals surface area contributed by atoms with Gasteiger partial charge in [0.05, 0.1) is 12.2 Å². The van der Waals surface area contributed by atoms with Gasteiger partial charge in [-0.2, -0.15) is 0 Å². The van der Waals surface area contributed by atoms with Crippen LogP contribution in [0.3, 0.4) is 0 Å². The lowest BCUT2D eigenvalue weighted by Crippen LogP contribution is -2.16. The summed E-state index contributed by atoms with van der Waals surface area (Å²) in [6, 6.07) is 18.5. The van der Waals surface area contributed by atoms with Gasteiger partial charge in [-0.15, -0.1) is 0 Å². The van der Waals surface area contributed by atoms with E-state index >= 15 is 0 Å². The topological polar surface area (TPSA) is 78.6 Å². The normalized spacial score (nSPS) is 12.1. The lowest BCUT2D eigenvalue weighted by molar-refractivity contribution is 0.0931. The molecule has 154 valence electrons. The monoisotopic (exact) mass is 407 g/mol. The number of amides is 1. The fourth-order valence-corrected chi connectivity index (χ4v) is 2.96. The molecule has 0 unspecified atom stereocenters. The lowest BCUT2D eigenvalue weighted by Gasteiger charge is -2.20. The van der Waals surface area contributed by atoms with Crippen LogP contribution in [0.5, 0.6) is 11.5 Å². The first-order valence-electron chi connectivity index (χ1n) is 9.47. The Hall–Kier alpha value is -3.67. The van der Waals surface area contributed by atoms with Crippen LogP contribution in [0.2, 0.25) is 0 Å². The number of ether oxygens (including phenoxy) is 2. The Labute approximate surface area is 174 Å². The van der Waals surface area contributed by atoms with Gasteiger partial charge in [0.15, 0.2) is 5.78 Å². The summed E-state index contributed by atoms with van der Waals surface area (Å²) < 4.78 is 24.2. The van der Waals surface area contributed by atoms with Gasteiger partial charge in [0.25, 0.3) is 0 Å². The molecule has 6 heteroatoms. The van der Waals surface area contributed by atoms with Gasteiger partial charge in [0, 0.05) is 17.5 Å². The van der Waals surface area contributed by atoms with Crippen molar-refractivity contribution in [3.05, 3.63) is 94.8 Å². The number of halogens is 1. The highest BCUT2D eigenvalue weighted by atomic mass is 19.1. The van der Waals surface area contributed by atoms with Gasteiger partial charge in [-0.1, -0.05) is 30.3 Å². The van der Waals surface area contributed by atoms with Crippen molar-refractivity contribution in [2.45, 2.75) is 20.0 Å². The minimum absolute atomic E-state index is 0.101. The van der Waals surface area contributed by atoms with E-state index in [4.69, 9.17) is 15.2 Å². The number of hydrogen-bond donors (Lipinski definition) is 1. The van der Waals surface area contributed by atoms with Crippen LogP contribution in [0.1, 0.15) is 38.3 Å². The molecule has 0 atom stereocenters. The molecule has 3 aromatic carbocycles. The highest BCUT2D eigenvalue weighted by Crippen LogP contribution is 2.35. The second-order valence-electron chi connectivity index (χ2n) is 6.73. The first kappa shape index (κ1) is 21.0. The van der Waals surface area contributed by atoms with E-state index in [1.807, 2.05) is 13.0 Å². The van der Waals surface area contributed by atoms with E-state index in [1.54, 1.807) is 48.5 Å². The summed E-state index contributed by atoms with van der Waals surface area (Å²) in [4.78, 5) is 22.2. The minimum atomic E-state index is -0.379. The third-order valence-corrected chi connectivity index (χ3v) is 4.60. The Bertz CT molecular complexity index is 1030. The summed E-state index contributed by atoms with van der Waals surface area (Å²) in [5.41, 5.74) is 7.85. The smallest absolute Gasteiger partial charge is 0.248 e. The van der Waals surface area contributed by atoms with Crippen molar-refractivity contribution in [3.8, 4) is 11.5 Å². The van der Waals surface area contributed by atoms with Crippen LogP contribution in [-0.2, 0) is 6.61 Å². The average Bonchev–Trinajstić information content (AvgIpc) is 2.76. The summed E-state index contributed by atoms with van der Waals surface area (Å²) in [5, 5.41) is 0. The first-order valence-corrected chi connectivity index (χ1v) is 9.47. The molecule has 1 aliphatic heterocycles. The van der Waals surface area contributed by atoms with E-state index in [9.17, 15) is 14.0 Å². The molecule has 0 radical (unpaired) electrons. The number of fused-ring (bicyclic) bond motifs is 1. The number of Topliss-reactive ketones (excluding diaryl/α,β-unsaturated/α-hetero) is 1. The van der Waals surface area contributed by atoms with Crippen molar-refractivity contribution in [3.63, 3.8) is 0 Å². The molecular formula is C24H22FNO4. The number of primary amides is 1. The number of carbonyl (C=O) groups is 2. The number of nitrogens with two attached hydrogens (primary N) is 1. The van der Waals surface area contributed by atoms with Crippen LogP contribution >= 0.6 is 0 Å². The molecule has 4 rings (SSSR count). The molecule has 3 aromatic rings. The molecule has 1 aliphatic rings. The zero-order valence-corrected chi connectivity index (χ0v) is 16.6. The fraction of sp³-hybridized carbons (Fsp3) is 0.167. The number of rotatable bonds is 4. The number of ketones is 1. The van der Waals surface area contributed by atoms with Crippen molar-refractivity contribution < 1.29 is 23.5 Å². The van der Waals surface area contributed by atoms with Gasteiger partial charge in [-0.05, 0) is 48.9 Å². The van der Waals surface area contributed by atoms with E-state index in [0.29, 0.717) is 42.3 Å². The largest absolute Gasteiger partial charge is 0.492 e. The van der Waals surface area contributed by atoms with Gasteiger partial charge in [-0.25, -0.2) is 4.39 Å². The van der Waals surface area contributed by atoms with Gasteiger partial charge in [-0.3, -0.25) is 9.59 Å². The van der Waals surface area contributed by atoms with E-state index in [2.05, 4.69) is 0 Å². The molecule has 5 nitrogen and oxygen atoms in total. The maximum absolute atomic E-state index is 12.8. The van der Waals surface area contributed by atoms with Crippen molar-refractivity contribution in [2.24, 2.45) is 5.73 Å². The standard InChI is InChI=1S/C17H15FO3.C7H7NO/c1-11-16(21-10-12-2-4-13(18)5-3-12)7-6-14-15(19)8-9-20-17(11)14;8-7(9)6-4-2-1-3-5-6/h2-7H,8-10H2,1H3;1-5H,(H2,8,9). The van der Waals surface area contributed by atoms with Crippen LogP contribution < -0.4 is 15.2 Å². The summed E-state index contributed by atoms with van der Waals surface area (Å²) in [6.07, 6.45) is 0.419. The Morgan fingerprint density at radius 2 is 1.77 bits per heavy atom. The Kier molecular flexibility index (Phi) is 6.80. The van der Waals surface area contributed by atoms with Crippen molar-refractivity contribution in [1.29, 1.82) is 0 Å². The van der Waals surface area contributed by atoms with E-state index in [0.717, 1.165) is 11.1 Å². The minimum Gasteiger partial charge on any atom is -0.492 e.